The molecule has 4 rings (SSSR count). The molecule has 0 bridgehead atoms. The summed E-state index contributed by atoms with van der Waals surface area (Å²) in [4.78, 5) is 40.0. The number of benzene rings is 1. The minimum Gasteiger partial charge on any atom is -0.504 e. The summed E-state index contributed by atoms with van der Waals surface area (Å²) < 4.78 is 0. The molecule has 0 radical (unpaired) electrons. The first-order valence-corrected chi connectivity index (χ1v) is 10.6. The molecule has 11 heteroatoms. The van der Waals surface area contributed by atoms with Gasteiger partial charge in [0.05, 0.1) is 34.7 Å². The number of aromatic hydroxyl groups is 2. The van der Waals surface area contributed by atoms with Crippen molar-refractivity contribution in [1.29, 1.82) is 0 Å². The third-order valence-electron chi connectivity index (χ3n) is 6.54. The number of fused-ring (bicyclic) bond motifs is 1. The second-order valence-corrected chi connectivity index (χ2v) is 8.97. The van der Waals surface area contributed by atoms with Crippen LogP contribution >= 0.6 is 11.6 Å². The van der Waals surface area contributed by atoms with E-state index in [1.54, 1.807) is 0 Å². The molecule has 3 unspecified atom stereocenters. The van der Waals surface area contributed by atoms with Gasteiger partial charge in [0.1, 0.15) is 5.70 Å². The fraction of sp³-hybridized carbons (Fsp3) is 0.476. The molecule has 1 aromatic rings. The van der Waals surface area contributed by atoms with Crippen LogP contribution in [0.2, 0.25) is 5.02 Å². The standard InChI is InChI=1S/C21H24ClN3O7/c1-8-12(17(21(31)32)25-16(8)14(9(2)26)20(25)30)7-24-5-10(6-24)23-19(29)11-3-4-13(27)18(28)15(11)22/h3-4,8-10,14,16,26-28H,5-7H2,1-2H3,(H,23,29)(H,31,32)/t8?,9?,14?,16-/m1/s1. The number of phenolic OH excluding ortho intramolecular Hbond substituents is 2. The number of hydrogen-bond donors (Lipinski definition) is 5. The van der Waals surface area contributed by atoms with Gasteiger partial charge in [-0.05, 0) is 24.6 Å². The second-order valence-electron chi connectivity index (χ2n) is 8.59. The first kappa shape index (κ1) is 22.4. The average Bonchev–Trinajstić information content (AvgIpc) is 2.92. The van der Waals surface area contributed by atoms with Gasteiger partial charge in [-0.15, -0.1) is 0 Å². The molecule has 0 aromatic heterocycles. The van der Waals surface area contributed by atoms with Crippen LogP contribution in [0, 0.1) is 11.8 Å². The molecule has 0 saturated carbocycles. The number of nitrogens with zero attached hydrogens (tertiary/aromatic N) is 2. The topological polar surface area (TPSA) is 151 Å². The normalized spacial score (nSPS) is 26.4. The van der Waals surface area contributed by atoms with E-state index in [0.29, 0.717) is 25.2 Å². The fourth-order valence-electron chi connectivity index (χ4n) is 4.88. The molecule has 172 valence electrons. The van der Waals surface area contributed by atoms with Crippen LogP contribution in [0.25, 0.3) is 0 Å². The molecule has 3 heterocycles. The van der Waals surface area contributed by atoms with Crippen LogP contribution in [0.5, 0.6) is 11.5 Å². The van der Waals surface area contributed by atoms with Gasteiger partial charge in [-0.3, -0.25) is 14.5 Å². The van der Waals surface area contributed by atoms with Crippen molar-refractivity contribution >= 4 is 29.4 Å². The fourth-order valence-corrected chi connectivity index (χ4v) is 5.12. The number of amides is 2. The van der Waals surface area contributed by atoms with E-state index in [9.17, 15) is 34.8 Å². The maximum Gasteiger partial charge on any atom is 0.352 e. The molecule has 3 aliphatic rings. The second kappa shape index (κ2) is 7.95. The van der Waals surface area contributed by atoms with Crippen LogP contribution in [0.3, 0.4) is 0 Å². The minimum atomic E-state index is -1.17. The SMILES string of the molecule is CC(O)C1C(=O)N2C(C(=O)O)=C(CN3CC(NC(=O)c4ccc(O)c(O)c4Cl)C3)C(C)[C@H]12. The summed E-state index contributed by atoms with van der Waals surface area (Å²) in [5, 5.41) is 41.3. The van der Waals surface area contributed by atoms with E-state index in [1.165, 1.54) is 24.0 Å². The number of aliphatic hydroxyl groups is 1. The Hall–Kier alpha value is -2.82. The van der Waals surface area contributed by atoms with E-state index in [0.717, 1.165) is 0 Å². The number of carbonyl (C=O) groups excluding carboxylic acids is 2. The largest absolute Gasteiger partial charge is 0.504 e. The molecule has 1 aromatic carbocycles. The van der Waals surface area contributed by atoms with Gasteiger partial charge in [0.15, 0.2) is 11.5 Å². The summed E-state index contributed by atoms with van der Waals surface area (Å²) in [5.41, 5.74) is 0.659. The van der Waals surface area contributed by atoms with Crippen LogP contribution in [-0.2, 0) is 9.59 Å². The molecule has 3 aliphatic heterocycles. The van der Waals surface area contributed by atoms with E-state index in [-0.39, 0.29) is 40.2 Å². The number of likely N-dealkylation sites (tertiary alicyclic amines) is 1. The van der Waals surface area contributed by atoms with Gasteiger partial charge >= 0.3 is 5.97 Å². The van der Waals surface area contributed by atoms with Crippen molar-refractivity contribution in [2.45, 2.75) is 32.0 Å². The molecule has 5 N–H and O–H groups in total. The van der Waals surface area contributed by atoms with Gasteiger partial charge in [0.25, 0.3) is 5.91 Å². The lowest BCUT2D eigenvalue weighted by atomic mass is 9.77. The number of carbonyl (C=O) groups is 3. The van der Waals surface area contributed by atoms with Crippen LogP contribution in [0.1, 0.15) is 24.2 Å². The number of aliphatic carboxylic acids is 1. The summed E-state index contributed by atoms with van der Waals surface area (Å²) in [7, 11) is 0. The highest BCUT2D eigenvalue weighted by Crippen LogP contribution is 2.47. The molecule has 4 atom stereocenters. The number of β-lactam (4-membered cyclic amide) rings is 1. The molecule has 32 heavy (non-hydrogen) atoms. The predicted molar refractivity (Wildman–Crippen MR) is 112 cm³/mol. The maximum atomic E-state index is 12.4. The highest BCUT2D eigenvalue weighted by molar-refractivity contribution is 6.35. The number of nitrogens with one attached hydrogen (secondary N) is 1. The third kappa shape index (κ3) is 3.39. The van der Waals surface area contributed by atoms with Crippen molar-refractivity contribution in [3.05, 3.63) is 34.0 Å². The zero-order valence-electron chi connectivity index (χ0n) is 17.4. The number of carboxylic acid groups (broad SMARTS) is 1. The number of rotatable bonds is 6. The van der Waals surface area contributed by atoms with Crippen molar-refractivity contribution in [3.8, 4) is 11.5 Å². The van der Waals surface area contributed by atoms with Crippen LogP contribution in [-0.4, -0.2) is 85.8 Å². The van der Waals surface area contributed by atoms with Crippen LogP contribution in [0.15, 0.2) is 23.4 Å². The third-order valence-corrected chi connectivity index (χ3v) is 6.93. The monoisotopic (exact) mass is 465 g/mol. The Morgan fingerprint density at radius 2 is 1.94 bits per heavy atom. The highest BCUT2D eigenvalue weighted by Gasteiger charge is 2.59. The minimum absolute atomic E-state index is 0.0109. The Morgan fingerprint density at radius 3 is 2.53 bits per heavy atom. The average molecular weight is 466 g/mol. The predicted octanol–water partition coefficient (Wildman–Crippen LogP) is 0.361. The van der Waals surface area contributed by atoms with Gasteiger partial charge in [0.2, 0.25) is 5.91 Å². The first-order valence-electron chi connectivity index (χ1n) is 10.2. The quantitative estimate of drug-likeness (QED) is 0.298. The van der Waals surface area contributed by atoms with Crippen molar-refractivity contribution < 1.29 is 34.8 Å². The number of phenols is 2. The van der Waals surface area contributed by atoms with E-state index in [1.807, 2.05) is 11.8 Å². The smallest absolute Gasteiger partial charge is 0.352 e. The van der Waals surface area contributed by atoms with E-state index in [4.69, 9.17) is 11.6 Å². The van der Waals surface area contributed by atoms with Crippen LogP contribution in [0.4, 0.5) is 0 Å². The Kier molecular flexibility index (Phi) is 5.56. The maximum absolute atomic E-state index is 12.4. The van der Waals surface area contributed by atoms with E-state index in [2.05, 4.69) is 5.32 Å². The van der Waals surface area contributed by atoms with Gasteiger partial charge in [-0.25, -0.2) is 4.79 Å². The Balaban J connectivity index is 1.40. The molecular formula is C21H24ClN3O7. The van der Waals surface area contributed by atoms with Crippen molar-refractivity contribution in [2.24, 2.45) is 11.8 Å². The highest BCUT2D eigenvalue weighted by atomic mass is 35.5. The van der Waals surface area contributed by atoms with Gasteiger partial charge in [-0.1, -0.05) is 18.5 Å². The molecule has 2 amide bonds. The number of carboxylic acids is 1. The molecule has 2 fully saturated rings. The summed E-state index contributed by atoms with van der Waals surface area (Å²) in [6.07, 6.45) is -0.852. The lowest BCUT2D eigenvalue weighted by molar-refractivity contribution is -0.163. The van der Waals surface area contributed by atoms with Crippen molar-refractivity contribution in [2.75, 3.05) is 19.6 Å². The summed E-state index contributed by atoms with van der Waals surface area (Å²) in [6.45, 7) is 4.67. The van der Waals surface area contributed by atoms with Crippen molar-refractivity contribution in [1.82, 2.24) is 15.1 Å². The van der Waals surface area contributed by atoms with Gasteiger partial charge < -0.3 is 30.6 Å². The Bertz CT molecular complexity index is 1030. The lowest BCUT2D eigenvalue weighted by Gasteiger charge is -2.46. The zero-order chi connectivity index (χ0) is 23.5. The molecule has 0 spiro atoms. The van der Waals surface area contributed by atoms with E-state index >= 15 is 0 Å². The molecular weight excluding hydrogens is 442 g/mol. The Labute approximate surface area is 188 Å². The first-order chi connectivity index (χ1) is 15.0. The molecule has 0 aliphatic carbocycles. The van der Waals surface area contributed by atoms with Crippen molar-refractivity contribution in [3.63, 3.8) is 0 Å². The van der Waals surface area contributed by atoms with Gasteiger partial charge in [-0.2, -0.15) is 0 Å². The molecule has 10 nitrogen and oxygen atoms in total. The zero-order valence-corrected chi connectivity index (χ0v) is 18.2. The lowest BCUT2D eigenvalue weighted by Crippen LogP contribution is -2.63. The number of aliphatic hydroxyl groups excluding tert-OH is 1. The summed E-state index contributed by atoms with van der Waals surface area (Å²) >= 11 is 5.93. The summed E-state index contributed by atoms with van der Waals surface area (Å²) in [6, 6.07) is 1.93. The van der Waals surface area contributed by atoms with Crippen LogP contribution < -0.4 is 5.32 Å². The van der Waals surface area contributed by atoms with E-state index < -0.39 is 35.4 Å². The Morgan fingerprint density at radius 1 is 1.28 bits per heavy atom. The summed E-state index contributed by atoms with van der Waals surface area (Å²) in [5.74, 6) is -3.82. The number of hydrogen-bond acceptors (Lipinski definition) is 7. The van der Waals surface area contributed by atoms with Gasteiger partial charge in [0, 0.05) is 25.6 Å². The number of halogens is 1. The molecule has 2 saturated heterocycles.